The Morgan fingerprint density at radius 3 is 2.25 bits per heavy atom. The number of unbranched alkanes of at least 4 members (excludes halogenated alkanes) is 1. The first-order valence-corrected chi connectivity index (χ1v) is 6.43. The Hall–Kier alpha value is -0.790. The largest absolute Gasteiger partial charge is 0.459 e. The summed E-state index contributed by atoms with van der Waals surface area (Å²) in [5, 5.41) is 0. The van der Waals surface area contributed by atoms with E-state index < -0.39 is 0 Å². The zero-order chi connectivity index (χ0) is 12.6. The van der Waals surface area contributed by atoms with E-state index >= 15 is 0 Å². The van der Waals surface area contributed by atoms with Crippen LogP contribution in [0.3, 0.4) is 0 Å². The molecule has 0 rings (SSSR count). The van der Waals surface area contributed by atoms with E-state index in [1.807, 2.05) is 0 Å². The summed E-state index contributed by atoms with van der Waals surface area (Å²) in [6.07, 6.45) is 5.57. The van der Waals surface area contributed by atoms with Gasteiger partial charge in [-0.3, -0.25) is 0 Å². The van der Waals surface area contributed by atoms with Crippen LogP contribution in [-0.2, 0) is 9.53 Å². The van der Waals surface area contributed by atoms with Crippen LogP contribution in [0.4, 0.5) is 0 Å². The Labute approximate surface area is 100 Å². The van der Waals surface area contributed by atoms with Crippen molar-refractivity contribution in [3.05, 3.63) is 12.2 Å². The molecule has 0 spiro atoms. The van der Waals surface area contributed by atoms with Crippen LogP contribution in [-0.4, -0.2) is 12.1 Å². The summed E-state index contributed by atoms with van der Waals surface area (Å²) in [6, 6.07) is 0. The lowest BCUT2D eigenvalue weighted by Gasteiger charge is -2.25. The van der Waals surface area contributed by atoms with E-state index in [4.69, 9.17) is 4.74 Å². The molecule has 2 atom stereocenters. The molecular weight excluding hydrogens is 200 g/mol. The second kappa shape index (κ2) is 8.37. The fourth-order valence-corrected chi connectivity index (χ4v) is 1.87. The van der Waals surface area contributed by atoms with Crippen LogP contribution in [0.1, 0.15) is 59.8 Å². The number of carbonyl (C=O) groups is 1. The van der Waals surface area contributed by atoms with E-state index in [9.17, 15) is 4.79 Å². The van der Waals surface area contributed by atoms with Crippen molar-refractivity contribution in [1.29, 1.82) is 0 Å². The molecule has 0 N–H and O–H groups in total. The first-order valence-electron chi connectivity index (χ1n) is 6.43. The Morgan fingerprint density at radius 1 is 1.25 bits per heavy atom. The lowest BCUT2D eigenvalue weighted by molar-refractivity contribution is -0.147. The number of rotatable bonds is 8. The molecule has 16 heavy (non-hydrogen) atoms. The molecule has 2 unspecified atom stereocenters. The van der Waals surface area contributed by atoms with Crippen molar-refractivity contribution in [3.8, 4) is 0 Å². The first-order chi connectivity index (χ1) is 7.56. The summed E-state index contributed by atoms with van der Waals surface area (Å²) >= 11 is 0. The van der Waals surface area contributed by atoms with Crippen molar-refractivity contribution in [2.45, 2.75) is 65.9 Å². The average Bonchev–Trinajstić information content (AvgIpc) is 2.27. The van der Waals surface area contributed by atoms with Crippen molar-refractivity contribution < 1.29 is 9.53 Å². The quantitative estimate of drug-likeness (QED) is 0.460. The summed E-state index contributed by atoms with van der Waals surface area (Å²) in [4.78, 5) is 11.5. The molecule has 0 aromatic heterocycles. The second-order valence-corrected chi connectivity index (χ2v) is 4.44. The molecule has 0 fully saturated rings. The highest BCUT2D eigenvalue weighted by atomic mass is 16.5. The smallest absolute Gasteiger partial charge is 0.333 e. The molecular formula is C14H26O2. The van der Waals surface area contributed by atoms with Gasteiger partial charge in [-0.15, -0.1) is 0 Å². The lowest BCUT2D eigenvalue weighted by atomic mass is 9.92. The van der Waals surface area contributed by atoms with E-state index in [1.165, 1.54) is 12.8 Å². The molecule has 0 bridgehead atoms. The van der Waals surface area contributed by atoms with Gasteiger partial charge in [-0.25, -0.2) is 4.79 Å². The maximum Gasteiger partial charge on any atom is 0.333 e. The third kappa shape index (κ3) is 5.34. The Kier molecular flexibility index (Phi) is 7.96. The van der Waals surface area contributed by atoms with Gasteiger partial charge in [0.15, 0.2) is 0 Å². The van der Waals surface area contributed by atoms with Gasteiger partial charge in [-0.05, 0) is 32.1 Å². The summed E-state index contributed by atoms with van der Waals surface area (Å²) < 4.78 is 5.47. The SMILES string of the molecule is C=C(C)C(=O)OC(CC)C(CC)CCCC. The average molecular weight is 226 g/mol. The highest BCUT2D eigenvalue weighted by molar-refractivity contribution is 5.87. The molecule has 0 aromatic rings. The van der Waals surface area contributed by atoms with Gasteiger partial charge in [-0.1, -0.05) is 40.2 Å². The number of esters is 1. The molecule has 2 heteroatoms. The monoisotopic (exact) mass is 226 g/mol. The van der Waals surface area contributed by atoms with E-state index in [2.05, 4.69) is 27.4 Å². The minimum absolute atomic E-state index is 0.0562. The second-order valence-electron chi connectivity index (χ2n) is 4.44. The van der Waals surface area contributed by atoms with Crippen LogP contribution in [0.2, 0.25) is 0 Å². The van der Waals surface area contributed by atoms with E-state index in [-0.39, 0.29) is 12.1 Å². The Bertz CT molecular complexity index is 221. The lowest BCUT2D eigenvalue weighted by Crippen LogP contribution is -2.26. The van der Waals surface area contributed by atoms with Crippen molar-refractivity contribution in [2.24, 2.45) is 5.92 Å². The molecule has 0 aliphatic carbocycles. The molecule has 0 aliphatic rings. The maximum absolute atomic E-state index is 11.5. The van der Waals surface area contributed by atoms with Crippen LogP contribution in [0.25, 0.3) is 0 Å². The molecule has 0 aromatic carbocycles. The molecule has 0 aliphatic heterocycles. The van der Waals surface area contributed by atoms with Crippen molar-refractivity contribution in [1.82, 2.24) is 0 Å². The van der Waals surface area contributed by atoms with Gasteiger partial charge in [0.2, 0.25) is 0 Å². The van der Waals surface area contributed by atoms with Gasteiger partial charge in [0.05, 0.1) is 0 Å². The number of hydrogen-bond donors (Lipinski definition) is 0. The van der Waals surface area contributed by atoms with Crippen LogP contribution in [0, 0.1) is 5.92 Å². The predicted molar refractivity (Wildman–Crippen MR) is 68.3 cm³/mol. The molecule has 2 nitrogen and oxygen atoms in total. The van der Waals surface area contributed by atoms with Gasteiger partial charge in [-0.2, -0.15) is 0 Å². The van der Waals surface area contributed by atoms with E-state index in [0.29, 0.717) is 11.5 Å². The molecule has 94 valence electrons. The molecule has 0 saturated carbocycles. The van der Waals surface area contributed by atoms with Crippen molar-refractivity contribution in [3.63, 3.8) is 0 Å². The van der Waals surface area contributed by atoms with Gasteiger partial charge >= 0.3 is 5.97 Å². The van der Waals surface area contributed by atoms with E-state index in [0.717, 1.165) is 19.3 Å². The van der Waals surface area contributed by atoms with E-state index in [1.54, 1.807) is 6.92 Å². The summed E-state index contributed by atoms with van der Waals surface area (Å²) in [5.74, 6) is 0.245. The van der Waals surface area contributed by atoms with Gasteiger partial charge < -0.3 is 4.74 Å². The third-order valence-corrected chi connectivity index (χ3v) is 2.99. The first kappa shape index (κ1) is 15.2. The number of ether oxygens (including phenoxy) is 1. The maximum atomic E-state index is 11.5. The number of hydrogen-bond acceptors (Lipinski definition) is 2. The fraction of sp³-hybridized carbons (Fsp3) is 0.786. The van der Waals surface area contributed by atoms with Crippen molar-refractivity contribution in [2.75, 3.05) is 0 Å². The zero-order valence-corrected chi connectivity index (χ0v) is 11.2. The summed E-state index contributed by atoms with van der Waals surface area (Å²) in [5.41, 5.74) is 0.490. The standard InChI is InChI=1S/C14H26O2/c1-6-9-10-12(7-2)13(8-3)16-14(15)11(4)5/h12-13H,4,6-10H2,1-3,5H3. The topological polar surface area (TPSA) is 26.3 Å². The van der Waals surface area contributed by atoms with Gasteiger partial charge in [0.25, 0.3) is 0 Å². The molecule has 0 heterocycles. The highest BCUT2D eigenvalue weighted by Gasteiger charge is 2.21. The molecule has 0 saturated heterocycles. The van der Waals surface area contributed by atoms with Crippen LogP contribution >= 0.6 is 0 Å². The Balaban J connectivity index is 4.31. The summed E-state index contributed by atoms with van der Waals surface area (Å²) in [7, 11) is 0. The minimum atomic E-state index is -0.248. The normalized spacial score (nSPS) is 14.2. The van der Waals surface area contributed by atoms with Crippen molar-refractivity contribution >= 4 is 5.97 Å². The zero-order valence-electron chi connectivity index (χ0n) is 11.2. The van der Waals surface area contributed by atoms with Gasteiger partial charge in [0.1, 0.15) is 6.10 Å². The van der Waals surface area contributed by atoms with Crippen LogP contribution < -0.4 is 0 Å². The third-order valence-electron chi connectivity index (χ3n) is 2.99. The van der Waals surface area contributed by atoms with Crippen LogP contribution in [0.15, 0.2) is 12.2 Å². The predicted octanol–water partition coefficient (Wildman–Crippen LogP) is 4.10. The van der Waals surface area contributed by atoms with Gasteiger partial charge in [0, 0.05) is 5.57 Å². The number of carbonyl (C=O) groups excluding carboxylic acids is 1. The molecule has 0 amide bonds. The van der Waals surface area contributed by atoms with Crippen LogP contribution in [0.5, 0.6) is 0 Å². The summed E-state index contributed by atoms with van der Waals surface area (Å²) in [6.45, 7) is 11.7. The minimum Gasteiger partial charge on any atom is -0.459 e. The fourth-order valence-electron chi connectivity index (χ4n) is 1.87. The highest BCUT2D eigenvalue weighted by Crippen LogP contribution is 2.22. The Morgan fingerprint density at radius 2 is 1.88 bits per heavy atom. The molecule has 0 radical (unpaired) electrons.